The standard InChI is InChI=1S/C20H22FN3O/c21-19-6-2-5-18(12-19)20(24-7-9-25-10-8-24)15-23-14-17-4-1-3-16(11-17)13-22/h1-6,11-12,20,23H,7-10,14-15H2/t20-/m0/s1. The first-order valence-corrected chi connectivity index (χ1v) is 8.53. The van der Waals surface area contributed by atoms with E-state index in [0.717, 1.165) is 24.2 Å². The van der Waals surface area contributed by atoms with Crippen LogP contribution in [0.25, 0.3) is 0 Å². The molecule has 5 heteroatoms. The Labute approximate surface area is 147 Å². The SMILES string of the molecule is N#Cc1cccc(CNC[C@@H](c2cccc(F)c2)N2CCOCC2)c1. The van der Waals surface area contributed by atoms with Gasteiger partial charge in [0.25, 0.3) is 0 Å². The summed E-state index contributed by atoms with van der Waals surface area (Å²) in [5, 5.41) is 12.5. The molecule has 0 saturated carbocycles. The lowest BCUT2D eigenvalue weighted by Gasteiger charge is -2.35. The number of hydrogen-bond donors (Lipinski definition) is 1. The van der Waals surface area contributed by atoms with Crippen molar-refractivity contribution in [2.45, 2.75) is 12.6 Å². The van der Waals surface area contributed by atoms with E-state index in [9.17, 15) is 4.39 Å². The smallest absolute Gasteiger partial charge is 0.123 e. The number of nitriles is 1. The zero-order valence-corrected chi connectivity index (χ0v) is 14.1. The van der Waals surface area contributed by atoms with E-state index in [1.165, 1.54) is 6.07 Å². The van der Waals surface area contributed by atoms with Crippen molar-refractivity contribution in [2.24, 2.45) is 0 Å². The van der Waals surface area contributed by atoms with E-state index in [2.05, 4.69) is 16.3 Å². The van der Waals surface area contributed by atoms with Crippen LogP contribution in [0.1, 0.15) is 22.7 Å². The fourth-order valence-electron chi connectivity index (χ4n) is 3.16. The third kappa shape index (κ3) is 4.86. The first-order valence-electron chi connectivity index (χ1n) is 8.53. The van der Waals surface area contributed by atoms with Gasteiger partial charge in [-0.2, -0.15) is 5.26 Å². The fraction of sp³-hybridized carbons (Fsp3) is 0.350. The van der Waals surface area contributed by atoms with Gasteiger partial charge in [0.05, 0.1) is 24.8 Å². The van der Waals surface area contributed by atoms with E-state index in [4.69, 9.17) is 10.00 Å². The van der Waals surface area contributed by atoms with Crippen LogP contribution >= 0.6 is 0 Å². The molecule has 1 aliphatic heterocycles. The lowest BCUT2D eigenvalue weighted by molar-refractivity contribution is 0.0160. The molecule has 1 heterocycles. The Kier molecular flexibility index (Phi) is 6.13. The van der Waals surface area contributed by atoms with E-state index < -0.39 is 0 Å². The molecule has 0 bridgehead atoms. The maximum absolute atomic E-state index is 13.7. The third-order valence-electron chi connectivity index (χ3n) is 4.44. The van der Waals surface area contributed by atoms with Gasteiger partial charge in [0, 0.05) is 32.2 Å². The Bertz CT molecular complexity index is 738. The highest BCUT2D eigenvalue weighted by Gasteiger charge is 2.22. The van der Waals surface area contributed by atoms with Crippen molar-refractivity contribution < 1.29 is 9.13 Å². The number of morpholine rings is 1. The van der Waals surface area contributed by atoms with E-state index in [1.54, 1.807) is 18.2 Å². The lowest BCUT2D eigenvalue weighted by atomic mass is 10.0. The van der Waals surface area contributed by atoms with Crippen molar-refractivity contribution in [3.63, 3.8) is 0 Å². The normalized spacial score (nSPS) is 16.3. The Hall–Kier alpha value is -2.26. The summed E-state index contributed by atoms with van der Waals surface area (Å²) < 4.78 is 19.1. The molecule has 0 unspecified atom stereocenters. The quantitative estimate of drug-likeness (QED) is 0.879. The van der Waals surface area contributed by atoms with Crippen molar-refractivity contribution in [3.8, 4) is 6.07 Å². The second-order valence-corrected chi connectivity index (χ2v) is 6.16. The zero-order chi connectivity index (χ0) is 17.5. The molecule has 0 radical (unpaired) electrons. The summed E-state index contributed by atoms with van der Waals surface area (Å²) in [6, 6.07) is 16.6. The number of halogens is 1. The predicted octanol–water partition coefficient (Wildman–Crippen LogP) is 2.86. The van der Waals surface area contributed by atoms with Crippen molar-refractivity contribution in [1.82, 2.24) is 10.2 Å². The Morgan fingerprint density at radius 1 is 1.16 bits per heavy atom. The third-order valence-corrected chi connectivity index (χ3v) is 4.44. The van der Waals surface area contributed by atoms with Gasteiger partial charge >= 0.3 is 0 Å². The first kappa shape index (κ1) is 17.6. The van der Waals surface area contributed by atoms with Crippen LogP contribution in [0.4, 0.5) is 4.39 Å². The Morgan fingerprint density at radius 3 is 2.72 bits per heavy atom. The van der Waals surface area contributed by atoms with Gasteiger partial charge < -0.3 is 10.1 Å². The van der Waals surface area contributed by atoms with Gasteiger partial charge in [-0.25, -0.2) is 4.39 Å². The Morgan fingerprint density at radius 2 is 1.96 bits per heavy atom. The number of ether oxygens (including phenoxy) is 1. The van der Waals surface area contributed by atoms with Crippen molar-refractivity contribution in [3.05, 3.63) is 71.0 Å². The number of hydrogen-bond acceptors (Lipinski definition) is 4. The molecule has 1 saturated heterocycles. The van der Waals surface area contributed by atoms with E-state index >= 15 is 0 Å². The molecule has 0 aromatic heterocycles. The summed E-state index contributed by atoms with van der Waals surface area (Å²) in [6.45, 7) is 4.47. The van der Waals surface area contributed by atoms with E-state index in [1.807, 2.05) is 24.3 Å². The maximum Gasteiger partial charge on any atom is 0.123 e. The van der Waals surface area contributed by atoms with E-state index in [-0.39, 0.29) is 11.9 Å². The topological polar surface area (TPSA) is 48.3 Å². The van der Waals surface area contributed by atoms with E-state index in [0.29, 0.717) is 31.9 Å². The van der Waals surface area contributed by atoms with Crippen LogP contribution in [0.15, 0.2) is 48.5 Å². The van der Waals surface area contributed by atoms with Crippen molar-refractivity contribution in [1.29, 1.82) is 5.26 Å². The van der Waals surface area contributed by atoms with Gasteiger partial charge in [-0.05, 0) is 35.4 Å². The predicted molar refractivity (Wildman–Crippen MR) is 94.4 cm³/mol. The lowest BCUT2D eigenvalue weighted by Crippen LogP contribution is -2.42. The molecule has 2 aromatic carbocycles. The Balaban J connectivity index is 1.68. The highest BCUT2D eigenvalue weighted by atomic mass is 19.1. The summed E-state index contributed by atoms with van der Waals surface area (Å²) in [6.07, 6.45) is 0. The molecular weight excluding hydrogens is 317 g/mol. The van der Waals surface area contributed by atoms with Gasteiger partial charge in [0.2, 0.25) is 0 Å². The molecule has 1 atom stereocenters. The van der Waals surface area contributed by atoms with Crippen molar-refractivity contribution in [2.75, 3.05) is 32.8 Å². The van der Waals surface area contributed by atoms with Crippen LogP contribution in [0.5, 0.6) is 0 Å². The summed E-state index contributed by atoms with van der Waals surface area (Å²) in [4.78, 5) is 2.33. The number of nitrogens with zero attached hydrogens (tertiary/aromatic N) is 2. The molecule has 25 heavy (non-hydrogen) atoms. The minimum absolute atomic E-state index is 0.0961. The molecular formula is C20H22FN3O. The van der Waals surface area contributed by atoms with Gasteiger partial charge in [-0.15, -0.1) is 0 Å². The van der Waals surface area contributed by atoms with Crippen LogP contribution in [0, 0.1) is 17.1 Å². The molecule has 2 aromatic rings. The van der Waals surface area contributed by atoms with Crippen molar-refractivity contribution >= 4 is 0 Å². The highest BCUT2D eigenvalue weighted by Crippen LogP contribution is 2.22. The summed E-state index contributed by atoms with van der Waals surface area (Å²) in [5.41, 5.74) is 2.70. The minimum atomic E-state index is -0.211. The van der Waals surface area contributed by atoms with Gasteiger partial charge in [-0.1, -0.05) is 24.3 Å². The summed E-state index contributed by atoms with van der Waals surface area (Å²) >= 11 is 0. The molecule has 4 nitrogen and oxygen atoms in total. The second-order valence-electron chi connectivity index (χ2n) is 6.16. The number of benzene rings is 2. The molecule has 0 amide bonds. The monoisotopic (exact) mass is 339 g/mol. The zero-order valence-electron chi connectivity index (χ0n) is 14.1. The van der Waals surface area contributed by atoms with Crippen LogP contribution in [0.2, 0.25) is 0 Å². The second kappa shape index (κ2) is 8.72. The average Bonchev–Trinajstić information content (AvgIpc) is 2.66. The summed E-state index contributed by atoms with van der Waals surface area (Å²) in [5.74, 6) is -0.211. The molecule has 3 rings (SSSR count). The molecule has 1 fully saturated rings. The largest absolute Gasteiger partial charge is 0.379 e. The van der Waals surface area contributed by atoms with Crippen LogP contribution in [0.3, 0.4) is 0 Å². The maximum atomic E-state index is 13.7. The number of nitrogens with one attached hydrogen (secondary N) is 1. The fourth-order valence-corrected chi connectivity index (χ4v) is 3.16. The van der Waals surface area contributed by atoms with Crippen LogP contribution in [-0.4, -0.2) is 37.7 Å². The summed E-state index contributed by atoms with van der Waals surface area (Å²) in [7, 11) is 0. The molecule has 0 spiro atoms. The van der Waals surface area contributed by atoms with Gasteiger partial charge in [0.1, 0.15) is 5.82 Å². The number of rotatable bonds is 6. The van der Waals surface area contributed by atoms with Gasteiger partial charge in [0.15, 0.2) is 0 Å². The molecule has 130 valence electrons. The highest BCUT2D eigenvalue weighted by molar-refractivity contribution is 5.32. The molecule has 1 aliphatic rings. The minimum Gasteiger partial charge on any atom is -0.379 e. The van der Waals surface area contributed by atoms with Gasteiger partial charge in [-0.3, -0.25) is 4.90 Å². The molecule has 1 N–H and O–H groups in total. The first-order chi connectivity index (χ1) is 12.3. The molecule has 0 aliphatic carbocycles. The van der Waals surface area contributed by atoms with Crippen LogP contribution < -0.4 is 5.32 Å². The average molecular weight is 339 g/mol. The van der Waals surface area contributed by atoms with Crippen LogP contribution in [-0.2, 0) is 11.3 Å².